The molecular weight excluding hydrogens is 289 g/mol. The first-order valence-corrected chi connectivity index (χ1v) is 5.77. The maximum atomic E-state index is 12.3. The third-order valence-electron chi connectivity index (χ3n) is 2.01. The second kappa shape index (κ2) is 5.97. The SMILES string of the molecule is O=C(c1ccc([N+](=O)[O-])s1)N(CCO)CC(F)(F)F. The largest absolute Gasteiger partial charge is 0.406 e. The number of carbonyl (C=O) groups is 1. The van der Waals surface area contributed by atoms with Crippen molar-refractivity contribution in [3.8, 4) is 0 Å². The molecule has 0 aliphatic heterocycles. The maximum absolute atomic E-state index is 12.3. The fourth-order valence-corrected chi connectivity index (χ4v) is 2.07. The Balaban J connectivity index is 2.89. The van der Waals surface area contributed by atoms with Crippen molar-refractivity contribution < 1.29 is 28.0 Å². The molecule has 106 valence electrons. The minimum atomic E-state index is -4.60. The number of hydrogen-bond acceptors (Lipinski definition) is 5. The van der Waals surface area contributed by atoms with Gasteiger partial charge in [-0.3, -0.25) is 14.9 Å². The lowest BCUT2D eigenvalue weighted by Crippen LogP contribution is -2.40. The molecule has 0 unspecified atom stereocenters. The lowest BCUT2D eigenvalue weighted by atomic mass is 10.3. The number of halogens is 3. The van der Waals surface area contributed by atoms with Gasteiger partial charge in [0.25, 0.3) is 5.91 Å². The van der Waals surface area contributed by atoms with E-state index in [1.54, 1.807) is 0 Å². The highest BCUT2D eigenvalue weighted by molar-refractivity contribution is 7.17. The Bertz CT molecular complexity index is 474. The van der Waals surface area contributed by atoms with Gasteiger partial charge in [-0.25, -0.2) is 0 Å². The van der Waals surface area contributed by atoms with Crippen LogP contribution in [0.5, 0.6) is 0 Å². The molecule has 0 atom stereocenters. The van der Waals surface area contributed by atoms with Crippen LogP contribution in [0.3, 0.4) is 0 Å². The minimum Gasteiger partial charge on any atom is -0.395 e. The van der Waals surface area contributed by atoms with Crippen molar-refractivity contribution in [1.82, 2.24) is 4.90 Å². The van der Waals surface area contributed by atoms with Gasteiger partial charge in [0.2, 0.25) is 0 Å². The molecule has 0 saturated heterocycles. The number of alkyl halides is 3. The van der Waals surface area contributed by atoms with Crippen LogP contribution in [0.15, 0.2) is 12.1 Å². The number of amides is 1. The van der Waals surface area contributed by atoms with E-state index < -0.39 is 36.7 Å². The average Bonchev–Trinajstić information content (AvgIpc) is 2.75. The van der Waals surface area contributed by atoms with Crippen molar-refractivity contribution in [2.24, 2.45) is 0 Å². The molecule has 0 bridgehead atoms. The predicted octanol–water partition coefficient (Wildman–Crippen LogP) is 1.65. The molecule has 0 aliphatic rings. The van der Waals surface area contributed by atoms with E-state index in [-0.39, 0.29) is 9.88 Å². The van der Waals surface area contributed by atoms with E-state index >= 15 is 0 Å². The van der Waals surface area contributed by atoms with Crippen LogP contribution < -0.4 is 0 Å². The molecule has 1 aromatic rings. The van der Waals surface area contributed by atoms with Gasteiger partial charge in [-0.2, -0.15) is 13.2 Å². The topological polar surface area (TPSA) is 83.7 Å². The van der Waals surface area contributed by atoms with Gasteiger partial charge in [0, 0.05) is 12.6 Å². The second-order valence-electron chi connectivity index (χ2n) is 3.46. The number of thiophene rings is 1. The molecule has 0 aliphatic carbocycles. The first kappa shape index (κ1) is 15.4. The van der Waals surface area contributed by atoms with Crippen LogP contribution >= 0.6 is 11.3 Å². The van der Waals surface area contributed by atoms with E-state index in [1.807, 2.05) is 0 Å². The highest BCUT2D eigenvalue weighted by Gasteiger charge is 2.33. The lowest BCUT2D eigenvalue weighted by molar-refractivity contribution is -0.380. The van der Waals surface area contributed by atoms with E-state index in [2.05, 4.69) is 0 Å². The first-order valence-electron chi connectivity index (χ1n) is 4.95. The van der Waals surface area contributed by atoms with Crippen LogP contribution in [0.1, 0.15) is 9.67 Å². The monoisotopic (exact) mass is 298 g/mol. The average molecular weight is 298 g/mol. The molecule has 10 heteroatoms. The molecule has 0 saturated carbocycles. The zero-order chi connectivity index (χ0) is 14.6. The molecule has 0 fully saturated rings. The smallest absolute Gasteiger partial charge is 0.395 e. The van der Waals surface area contributed by atoms with Gasteiger partial charge in [0.05, 0.1) is 16.4 Å². The summed E-state index contributed by atoms with van der Waals surface area (Å²) in [5, 5.41) is 18.8. The van der Waals surface area contributed by atoms with Crippen molar-refractivity contribution in [2.75, 3.05) is 19.7 Å². The maximum Gasteiger partial charge on any atom is 0.406 e. The number of aliphatic hydroxyl groups excluding tert-OH is 1. The zero-order valence-corrected chi connectivity index (χ0v) is 10.2. The zero-order valence-electron chi connectivity index (χ0n) is 9.38. The Hall–Kier alpha value is -1.68. The van der Waals surface area contributed by atoms with Crippen LogP contribution in [0, 0.1) is 10.1 Å². The van der Waals surface area contributed by atoms with Crippen molar-refractivity contribution in [2.45, 2.75) is 6.18 Å². The van der Waals surface area contributed by atoms with Crippen LogP contribution in [0.25, 0.3) is 0 Å². The van der Waals surface area contributed by atoms with Gasteiger partial charge in [-0.05, 0) is 6.07 Å². The summed E-state index contributed by atoms with van der Waals surface area (Å²) in [5.41, 5.74) is 0. The normalized spacial score (nSPS) is 11.4. The van der Waals surface area contributed by atoms with Crippen molar-refractivity contribution in [1.29, 1.82) is 0 Å². The van der Waals surface area contributed by atoms with Crippen LogP contribution in [0.4, 0.5) is 18.2 Å². The summed E-state index contributed by atoms with van der Waals surface area (Å²) >= 11 is 0.490. The lowest BCUT2D eigenvalue weighted by Gasteiger charge is -2.22. The fourth-order valence-electron chi connectivity index (χ4n) is 1.29. The third kappa shape index (κ3) is 4.48. The molecule has 1 aromatic heterocycles. The van der Waals surface area contributed by atoms with Crippen molar-refractivity contribution in [3.63, 3.8) is 0 Å². The number of nitro groups is 1. The Morgan fingerprint density at radius 2 is 2.11 bits per heavy atom. The fraction of sp³-hybridized carbons (Fsp3) is 0.444. The molecule has 1 N–H and O–H groups in total. The summed E-state index contributed by atoms with van der Waals surface area (Å²) in [6, 6.07) is 2.13. The first-order chi connectivity index (χ1) is 8.74. The number of hydrogen-bond donors (Lipinski definition) is 1. The number of nitrogens with zero attached hydrogens (tertiary/aromatic N) is 2. The standard InChI is InChI=1S/C9H9F3N2O4S/c10-9(11,12)5-13(3-4-15)8(16)6-1-2-7(19-6)14(17)18/h1-2,15H,3-5H2. The Morgan fingerprint density at radius 1 is 1.47 bits per heavy atom. The Labute approximate surface area is 109 Å². The van der Waals surface area contributed by atoms with Crippen molar-refractivity contribution >= 4 is 22.2 Å². The highest BCUT2D eigenvalue weighted by atomic mass is 32.1. The summed E-state index contributed by atoms with van der Waals surface area (Å²) in [6.07, 6.45) is -4.60. The van der Waals surface area contributed by atoms with Gasteiger partial charge in [0.15, 0.2) is 0 Å². The van der Waals surface area contributed by atoms with Crippen LogP contribution in [-0.4, -0.2) is 46.7 Å². The van der Waals surface area contributed by atoms with Crippen molar-refractivity contribution in [3.05, 3.63) is 27.1 Å². The summed E-state index contributed by atoms with van der Waals surface area (Å²) < 4.78 is 36.8. The second-order valence-corrected chi connectivity index (χ2v) is 4.52. The van der Waals surface area contributed by atoms with Crippen LogP contribution in [-0.2, 0) is 0 Å². The minimum absolute atomic E-state index is 0.176. The third-order valence-corrected chi connectivity index (χ3v) is 3.03. The van der Waals surface area contributed by atoms with Gasteiger partial charge >= 0.3 is 11.2 Å². The summed E-state index contributed by atoms with van der Waals surface area (Å²) in [5.74, 6) is -0.996. The molecule has 1 heterocycles. The van der Waals surface area contributed by atoms with Gasteiger partial charge in [0.1, 0.15) is 6.54 Å². The molecule has 1 rings (SSSR count). The van der Waals surface area contributed by atoms with E-state index in [1.165, 1.54) is 0 Å². The molecule has 19 heavy (non-hydrogen) atoms. The van der Waals surface area contributed by atoms with Crippen LogP contribution in [0.2, 0.25) is 0 Å². The summed E-state index contributed by atoms with van der Waals surface area (Å²) in [7, 11) is 0. The molecular formula is C9H9F3N2O4S. The number of carbonyl (C=O) groups excluding carboxylic acids is 1. The molecule has 0 radical (unpaired) electrons. The Morgan fingerprint density at radius 3 is 2.53 bits per heavy atom. The number of aliphatic hydroxyl groups is 1. The quantitative estimate of drug-likeness (QED) is 0.662. The van der Waals surface area contributed by atoms with E-state index in [0.717, 1.165) is 12.1 Å². The van der Waals surface area contributed by atoms with Gasteiger partial charge in [-0.1, -0.05) is 11.3 Å². The van der Waals surface area contributed by atoms with E-state index in [0.29, 0.717) is 16.2 Å². The van der Waals surface area contributed by atoms with E-state index in [9.17, 15) is 28.1 Å². The predicted molar refractivity (Wildman–Crippen MR) is 60.0 cm³/mol. The van der Waals surface area contributed by atoms with Gasteiger partial charge in [-0.15, -0.1) is 0 Å². The molecule has 0 spiro atoms. The number of rotatable bonds is 5. The molecule has 0 aromatic carbocycles. The highest BCUT2D eigenvalue weighted by Crippen LogP contribution is 2.26. The Kier molecular flexibility index (Phi) is 4.84. The summed E-state index contributed by atoms with van der Waals surface area (Å²) in [6.45, 7) is -2.64. The van der Waals surface area contributed by atoms with Gasteiger partial charge < -0.3 is 10.0 Å². The summed E-state index contributed by atoms with van der Waals surface area (Å²) in [4.78, 5) is 21.7. The van der Waals surface area contributed by atoms with E-state index in [4.69, 9.17) is 5.11 Å². The molecule has 6 nitrogen and oxygen atoms in total. The molecule has 1 amide bonds.